The van der Waals surface area contributed by atoms with E-state index < -0.39 is 0 Å². The molecule has 0 spiro atoms. The standard InChI is InChI=1S/C20H22N2O2S/c1-24-18-8-4-2-6-15(18)10-12-21-20(23)22-13-11-16-14-25-19-9-5-3-7-17(16)19/h2-9,14H,10-13H2,1H3,(H2,21,22,23). The lowest BCUT2D eigenvalue weighted by atomic mass is 10.1. The summed E-state index contributed by atoms with van der Waals surface area (Å²) in [6, 6.07) is 16.1. The van der Waals surface area contributed by atoms with Crippen LogP contribution in [-0.2, 0) is 12.8 Å². The first-order valence-corrected chi connectivity index (χ1v) is 9.24. The second-order valence-electron chi connectivity index (χ2n) is 5.75. The third-order valence-corrected chi connectivity index (χ3v) is 5.13. The van der Waals surface area contributed by atoms with Gasteiger partial charge < -0.3 is 15.4 Å². The molecule has 0 radical (unpaired) electrons. The highest BCUT2D eigenvalue weighted by Gasteiger charge is 2.05. The molecule has 0 aliphatic rings. The molecule has 1 aromatic heterocycles. The summed E-state index contributed by atoms with van der Waals surface area (Å²) in [6.07, 6.45) is 1.58. The van der Waals surface area contributed by atoms with Crippen LogP contribution in [0, 0.1) is 0 Å². The Morgan fingerprint density at radius 2 is 1.64 bits per heavy atom. The highest BCUT2D eigenvalue weighted by molar-refractivity contribution is 7.17. The Kier molecular flexibility index (Phi) is 5.90. The van der Waals surface area contributed by atoms with Crippen LogP contribution in [0.1, 0.15) is 11.1 Å². The third-order valence-electron chi connectivity index (χ3n) is 4.11. The quantitative estimate of drug-likeness (QED) is 0.674. The van der Waals surface area contributed by atoms with E-state index >= 15 is 0 Å². The predicted octanol–water partition coefficient (Wildman–Crippen LogP) is 3.99. The molecule has 130 valence electrons. The first kappa shape index (κ1) is 17.3. The van der Waals surface area contributed by atoms with Crippen molar-refractivity contribution in [3.63, 3.8) is 0 Å². The van der Waals surface area contributed by atoms with Crippen LogP contribution in [0.5, 0.6) is 5.75 Å². The van der Waals surface area contributed by atoms with E-state index in [2.05, 4.69) is 40.3 Å². The van der Waals surface area contributed by atoms with E-state index in [0.29, 0.717) is 13.1 Å². The van der Waals surface area contributed by atoms with Crippen LogP contribution in [0.25, 0.3) is 10.1 Å². The molecule has 1 heterocycles. The van der Waals surface area contributed by atoms with Gasteiger partial charge in [0.25, 0.3) is 0 Å². The van der Waals surface area contributed by atoms with Gasteiger partial charge in [0.2, 0.25) is 0 Å². The molecule has 0 fully saturated rings. The molecule has 0 saturated carbocycles. The minimum absolute atomic E-state index is 0.130. The fourth-order valence-corrected chi connectivity index (χ4v) is 3.82. The zero-order valence-corrected chi connectivity index (χ0v) is 15.1. The topological polar surface area (TPSA) is 50.4 Å². The van der Waals surface area contributed by atoms with Crippen molar-refractivity contribution in [1.82, 2.24) is 10.6 Å². The fourth-order valence-electron chi connectivity index (χ4n) is 2.82. The lowest BCUT2D eigenvalue weighted by Gasteiger charge is -2.10. The van der Waals surface area contributed by atoms with E-state index in [1.807, 2.05) is 24.3 Å². The number of fused-ring (bicyclic) bond motifs is 1. The van der Waals surface area contributed by atoms with Crippen molar-refractivity contribution >= 4 is 27.5 Å². The van der Waals surface area contributed by atoms with Crippen LogP contribution in [-0.4, -0.2) is 26.2 Å². The lowest BCUT2D eigenvalue weighted by Crippen LogP contribution is -2.37. The number of para-hydroxylation sites is 1. The van der Waals surface area contributed by atoms with Gasteiger partial charge in [-0.3, -0.25) is 0 Å². The van der Waals surface area contributed by atoms with Crippen molar-refractivity contribution in [3.8, 4) is 5.75 Å². The van der Waals surface area contributed by atoms with Crippen LogP contribution in [0.4, 0.5) is 4.79 Å². The van der Waals surface area contributed by atoms with E-state index in [1.165, 1.54) is 15.6 Å². The number of carbonyl (C=O) groups excluding carboxylic acids is 1. The summed E-state index contributed by atoms with van der Waals surface area (Å²) in [5.41, 5.74) is 2.38. The van der Waals surface area contributed by atoms with Gasteiger partial charge in [0.05, 0.1) is 7.11 Å². The molecule has 5 heteroatoms. The maximum Gasteiger partial charge on any atom is 0.314 e. The zero-order valence-electron chi connectivity index (χ0n) is 14.2. The first-order chi connectivity index (χ1) is 12.3. The number of carbonyl (C=O) groups is 1. The Labute approximate surface area is 151 Å². The predicted molar refractivity (Wildman–Crippen MR) is 104 cm³/mol. The molecule has 2 aromatic carbocycles. The molecule has 0 unspecified atom stereocenters. The number of methoxy groups -OCH3 is 1. The first-order valence-electron chi connectivity index (χ1n) is 8.36. The summed E-state index contributed by atoms with van der Waals surface area (Å²) in [5, 5.41) is 9.28. The number of hydrogen-bond acceptors (Lipinski definition) is 3. The second kappa shape index (κ2) is 8.53. The smallest absolute Gasteiger partial charge is 0.314 e. The molecule has 0 aliphatic carbocycles. The fraction of sp³-hybridized carbons (Fsp3) is 0.250. The van der Waals surface area contributed by atoms with Gasteiger partial charge in [-0.1, -0.05) is 36.4 Å². The molecule has 3 aromatic rings. The normalized spacial score (nSPS) is 10.6. The van der Waals surface area contributed by atoms with Crippen molar-refractivity contribution < 1.29 is 9.53 Å². The number of urea groups is 1. The van der Waals surface area contributed by atoms with Crippen LogP contribution in [0.15, 0.2) is 53.9 Å². The Hall–Kier alpha value is -2.53. The number of benzene rings is 2. The van der Waals surface area contributed by atoms with E-state index in [9.17, 15) is 4.79 Å². The van der Waals surface area contributed by atoms with Crippen molar-refractivity contribution in [2.45, 2.75) is 12.8 Å². The number of rotatable bonds is 7. The van der Waals surface area contributed by atoms with Crippen LogP contribution in [0.2, 0.25) is 0 Å². The van der Waals surface area contributed by atoms with E-state index in [1.54, 1.807) is 18.4 Å². The lowest BCUT2D eigenvalue weighted by molar-refractivity contribution is 0.241. The Morgan fingerprint density at radius 3 is 2.44 bits per heavy atom. The molecule has 4 nitrogen and oxygen atoms in total. The third kappa shape index (κ3) is 4.51. The number of amides is 2. The van der Waals surface area contributed by atoms with E-state index in [4.69, 9.17) is 4.74 Å². The Balaban J connectivity index is 1.41. The van der Waals surface area contributed by atoms with Crippen molar-refractivity contribution in [1.29, 1.82) is 0 Å². The number of thiophene rings is 1. The summed E-state index contributed by atoms with van der Waals surface area (Å²) in [6.45, 7) is 1.20. The van der Waals surface area contributed by atoms with Crippen molar-refractivity contribution in [3.05, 3.63) is 65.0 Å². The average Bonchev–Trinajstić information content (AvgIpc) is 3.05. The van der Waals surface area contributed by atoms with Gasteiger partial charge in [-0.2, -0.15) is 0 Å². The van der Waals surface area contributed by atoms with Gasteiger partial charge in [-0.15, -0.1) is 11.3 Å². The highest BCUT2D eigenvalue weighted by atomic mass is 32.1. The molecule has 3 rings (SSSR count). The maximum atomic E-state index is 11.9. The monoisotopic (exact) mass is 354 g/mol. The van der Waals surface area contributed by atoms with Gasteiger partial charge in [0, 0.05) is 17.8 Å². The molecule has 0 bridgehead atoms. The van der Waals surface area contributed by atoms with Gasteiger partial charge in [0.1, 0.15) is 5.75 Å². The molecule has 0 aliphatic heterocycles. The van der Waals surface area contributed by atoms with Gasteiger partial charge >= 0.3 is 6.03 Å². The molecular weight excluding hydrogens is 332 g/mol. The van der Waals surface area contributed by atoms with Crippen LogP contribution >= 0.6 is 11.3 Å². The molecule has 2 N–H and O–H groups in total. The number of ether oxygens (including phenoxy) is 1. The van der Waals surface area contributed by atoms with Gasteiger partial charge in [0.15, 0.2) is 0 Å². The molecule has 2 amide bonds. The summed E-state index contributed by atoms with van der Waals surface area (Å²) in [4.78, 5) is 11.9. The highest BCUT2D eigenvalue weighted by Crippen LogP contribution is 2.25. The average molecular weight is 354 g/mol. The minimum atomic E-state index is -0.130. The van der Waals surface area contributed by atoms with Crippen LogP contribution in [0.3, 0.4) is 0 Å². The number of nitrogens with one attached hydrogen (secondary N) is 2. The second-order valence-corrected chi connectivity index (χ2v) is 6.66. The summed E-state index contributed by atoms with van der Waals surface area (Å²) in [5.74, 6) is 0.856. The summed E-state index contributed by atoms with van der Waals surface area (Å²) >= 11 is 1.75. The Morgan fingerprint density at radius 1 is 0.960 bits per heavy atom. The van der Waals surface area contributed by atoms with Crippen molar-refractivity contribution in [2.24, 2.45) is 0 Å². The van der Waals surface area contributed by atoms with Gasteiger partial charge in [-0.05, 0) is 46.9 Å². The SMILES string of the molecule is COc1ccccc1CCNC(=O)NCCc1csc2ccccc12. The Bertz CT molecular complexity index is 844. The number of hydrogen-bond donors (Lipinski definition) is 2. The van der Waals surface area contributed by atoms with Gasteiger partial charge in [-0.25, -0.2) is 4.79 Å². The minimum Gasteiger partial charge on any atom is -0.496 e. The summed E-state index contributed by atoms with van der Waals surface area (Å²) < 4.78 is 6.61. The maximum absolute atomic E-state index is 11.9. The molecular formula is C20H22N2O2S. The molecule has 0 saturated heterocycles. The van der Waals surface area contributed by atoms with Crippen molar-refractivity contribution in [2.75, 3.05) is 20.2 Å². The largest absolute Gasteiger partial charge is 0.496 e. The van der Waals surface area contributed by atoms with E-state index in [0.717, 1.165) is 24.2 Å². The molecule has 0 atom stereocenters. The summed E-state index contributed by atoms with van der Waals surface area (Å²) in [7, 11) is 1.66. The zero-order chi connectivity index (χ0) is 17.5. The van der Waals surface area contributed by atoms with E-state index in [-0.39, 0.29) is 6.03 Å². The van der Waals surface area contributed by atoms with Crippen LogP contribution < -0.4 is 15.4 Å². The molecule has 25 heavy (non-hydrogen) atoms.